The van der Waals surface area contributed by atoms with Crippen LogP contribution in [0.15, 0.2) is 46.6 Å². The van der Waals surface area contributed by atoms with Crippen LogP contribution in [0.3, 0.4) is 0 Å². The third kappa shape index (κ3) is 7.66. The molecule has 0 spiro atoms. The molecule has 1 heteroatoms. The summed E-state index contributed by atoms with van der Waals surface area (Å²) in [5.41, 5.74) is 6.57. The lowest BCUT2D eigenvalue weighted by atomic mass is 9.71. The Hall–Kier alpha value is -1.08. The van der Waals surface area contributed by atoms with Gasteiger partial charge in [0.1, 0.15) is 0 Å². The summed E-state index contributed by atoms with van der Waals surface area (Å²) in [5, 5.41) is 3.40. The first kappa shape index (κ1) is 21.0. The Morgan fingerprint density at radius 1 is 1.25 bits per heavy atom. The van der Waals surface area contributed by atoms with Crippen molar-refractivity contribution in [2.24, 2.45) is 5.41 Å². The van der Waals surface area contributed by atoms with E-state index < -0.39 is 0 Å². The topological polar surface area (TPSA) is 12.0 Å². The second-order valence-corrected chi connectivity index (χ2v) is 8.02. The van der Waals surface area contributed by atoms with Gasteiger partial charge in [-0.1, -0.05) is 67.4 Å². The van der Waals surface area contributed by atoms with Crippen molar-refractivity contribution in [1.29, 1.82) is 0 Å². The minimum absolute atomic E-state index is 0.406. The van der Waals surface area contributed by atoms with Gasteiger partial charge in [0.15, 0.2) is 0 Å². The highest BCUT2D eigenvalue weighted by Gasteiger charge is 2.27. The highest BCUT2D eigenvalue weighted by atomic mass is 14.8. The molecule has 0 fully saturated rings. The van der Waals surface area contributed by atoms with Crippen molar-refractivity contribution in [3.8, 4) is 0 Å². The van der Waals surface area contributed by atoms with Gasteiger partial charge in [0.25, 0.3) is 0 Å². The summed E-state index contributed by atoms with van der Waals surface area (Å²) in [6.45, 7) is 15.9. The van der Waals surface area contributed by atoms with E-state index in [2.05, 4.69) is 71.2 Å². The minimum atomic E-state index is 0.406. The van der Waals surface area contributed by atoms with Crippen molar-refractivity contribution in [3.63, 3.8) is 0 Å². The van der Waals surface area contributed by atoms with Crippen LogP contribution in [0.5, 0.6) is 0 Å². The van der Waals surface area contributed by atoms with Crippen molar-refractivity contribution < 1.29 is 0 Å². The van der Waals surface area contributed by atoms with Crippen LogP contribution in [0.4, 0.5) is 0 Å². The molecule has 1 aliphatic carbocycles. The second kappa shape index (κ2) is 10.7. The van der Waals surface area contributed by atoms with Gasteiger partial charge in [0.2, 0.25) is 0 Å². The first-order chi connectivity index (χ1) is 11.4. The Kier molecular flexibility index (Phi) is 9.36. The zero-order valence-corrected chi connectivity index (χ0v) is 17.0. The Morgan fingerprint density at radius 2 is 2.00 bits per heavy atom. The van der Waals surface area contributed by atoms with E-state index in [0.29, 0.717) is 5.41 Å². The molecule has 0 bridgehead atoms. The molecule has 0 atom stereocenters. The molecular weight excluding hydrogens is 290 g/mol. The van der Waals surface area contributed by atoms with Gasteiger partial charge in [-0.2, -0.15) is 0 Å². The van der Waals surface area contributed by atoms with E-state index in [4.69, 9.17) is 0 Å². The average molecular weight is 330 g/mol. The lowest BCUT2D eigenvalue weighted by Gasteiger charge is -2.34. The van der Waals surface area contributed by atoms with Crippen LogP contribution in [0.1, 0.15) is 80.1 Å². The summed E-state index contributed by atoms with van der Waals surface area (Å²) in [5.74, 6) is 0. The molecule has 0 aromatic carbocycles. The molecule has 0 radical (unpaired) electrons. The Labute approximate surface area is 151 Å². The van der Waals surface area contributed by atoms with E-state index in [9.17, 15) is 0 Å². The van der Waals surface area contributed by atoms with Crippen molar-refractivity contribution >= 4 is 0 Å². The van der Waals surface area contributed by atoms with Gasteiger partial charge in [-0.25, -0.2) is 0 Å². The average Bonchev–Trinajstić information content (AvgIpc) is 2.50. The van der Waals surface area contributed by atoms with Crippen molar-refractivity contribution in [1.82, 2.24) is 5.32 Å². The van der Waals surface area contributed by atoms with E-state index in [-0.39, 0.29) is 0 Å². The third-order valence-corrected chi connectivity index (χ3v) is 5.19. The molecule has 0 aromatic rings. The summed E-state index contributed by atoms with van der Waals surface area (Å²) in [4.78, 5) is 0. The van der Waals surface area contributed by atoms with E-state index in [0.717, 1.165) is 13.1 Å². The Bertz CT molecular complexity index is 500. The van der Waals surface area contributed by atoms with Crippen LogP contribution >= 0.6 is 0 Å². The molecule has 24 heavy (non-hydrogen) atoms. The second-order valence-electron chi connectivity index (χ2n) is 8.02. The SMILES string of the molecule is CCCNCC=C(C)C=CC=C(C)CCC1=C(C)CCCC1(C)C. The van der Waals surface area contributed by atoms with E-state index in [1.165, 1.54) is 49.7 Å². The molecule has 0 aromatic heterocycles. The van der Waals surface area contributed by atoms with Crippen LogP contribution in [0.25, 0.3) is 0 Å². The number of hydrogen-bond acceptors (Lipinski definition) is 1. The molecule has 0 saturated carbocycles. The zero-order valence-electron chi connectivity index (χ0n) is 17.0. The first-order valence-corrected chi connectivity index (χ1v) is 9.77. The first-order valence-electron chi connectivity index (χ1n) is 9.77. The lowest BCUT2D eigenvalue weighted by molar-refractivity contribution is 0.354. The predicted octanol–water partition coefficient (Wildman–Crippen LogP) is 6.74. The number of allylic oxidation sites excluding steroid dienone is 7. The van der Waals surface area contributed by atoms with Gasteiger partial charge in [-0.3, -0.25) is 0 Å². The highest BCUT2D eigenvalue weighted by Crippen LogP contribution is 2.42. The fourth-order valence-electron chi connectivity index (χ4n) is 3.58. The Morgan fingerprint density at radius 3 is 2.67 bits per heavy atom. The van der Waals surface area contributed by atoms with Crippen LogP contribution in [0.2, 0.25) is 0 Å². The van der Waals surface area contributed by atoms with Gasteiger partial charge in [-0.15, -0.1) is 0 Å². The lowest BCUT2D eigenvalue weighted by Crippen LogP contribution is -2.20. The molecule has 0 heterocycles. The summed E-state index contributed by atoms with van der Waals surface area (Å²) < 4.78 is 0. The summed E-state index contributed by atoms with van der Waals surface area (Å²) in [6.07, 6.45) is 16.6. The predicted molar refractivity (Wildman–Crippen MR) is 109 cm³/mol. The van der Waals surface area contributed by atoms with Gasteiger partial charge in [0.05, 0.1) is 0 Å². The molecule has 1 rings (SSSR count). The molecular formula is C23H39N. The molecule has 1 aliphatic rings. The van der Waals surface area contributed by atoms with Crippen molar-refractivity contribution in [3.05, 3.63) is 46.6 Å². The molecule has 0 unspecified atom stereocenters. The minimum Gasteiger partial charge on any atom is -0.313 e. The van der Waals surface area contributed by atoms with E-state index in [1.807, 2.05) is 0 Å². The van der Waals surface area contributed by atoms with E-state index in [1.54, 1.807) is 11.1 Å². The van der Waals surface area contributed by atoms with Crippen LogP contribution < -0.4 is 5.32 Å². The van der Waals surface area contributed by atoms with Gasteiger partial charge in [-0.05, 0) is 71.3 Å². The molecule has 0 aliphatic heterocycles. The monoisotopic (exact) mass is 329 g/mol. The normalized spacial score (nSPS) is 19.4. The fraction of sp³-hybridized carbons (Fsp3) is 0.652. The summed E-state index contributed by atoms with van der Waals surface area (Å²) in [6, 6.07) is 0. The third-order valence-electron chi connectivity index (χ3n) is 5.19. The fourth-order valence-corrected chi connectivity index (χ4v) is 3.58. The molecule has 136 valence electrons. The maximum atomic E-state index is 3.40. The van der Waals surface area contributed by atoms with Gasteiger partial charge < -0.3 is 5.32 Å². The van der Waals surface area contributed by atoms with Crippen LogP contribution in [0, 0.1) is 5.41 Å². The standard InChI is InChI=1S/C23H39N/c1-7-17-24-18-15-20(3)11-8-10-19(2)13-14-22-21(4)12-9-16-23(22,5)6/h8,10-11,15,24H,7,9,12-14,16-18H2,1-6H3. The quantitative estimate of drug-likeness (QED) is 0.280. The van der Waals surface area contributed by atoms with Crippen molar-refractivity contribution in [2.45, 2.75) is 80.1 Å². The molecule has 1 nitrogen and oxygen atoms in total. The smallest absolute Gasteiger partial charge is 0.0140 e. The van der Waals surface area contributed by atoms with Gasteiger partial charge >= 0.3 is 0 Å². The Balaban J connectivity index is 2.48. The summed E-state index contributed by atoms with van der Waals surface area (Å²) in [7, 11) is 0. The maximum absolute atomic E-state index is 3.40. The number of hydrogen-bond donors (Lipinski definition) is 1. The largest absolute Gasteiger partial charge is 0.313 e. The summed E-state index contributed by atoms with van der Waals surface area (Å²) >= 11 is 0. The van der Waals surface area contributed by atoms with E-state index >= 15 is 0 Å². The van der Waals surface area contributed by atoms with Gasteiger partial charge in [0, 0.05) is 6.54 Å². The highest BCUT2D eigenvalue weighted by molar-refractivity contribution is 5.25. The maximum Gasteiger partial charge on any atom is 0.0140 e. The zero-order chi connectivity index (χ0) is 18.0. The van der Waals surface area contributed by atoms with Crippen LogP contribution in [-0.2, 0) is 0 Å². The molecule has 1 N–H and O–H groups in total. The number of rotatable bonds is 9. The molecule has 0 amide bonds. The number of nitrogens with one attached hydrogen (secondary N) is 1. The van der Waals surface area contributed by atoms with Crippen molar-refractivity contribution in [2.75, 3.05) is 13.1 Å². The van der Waals surface area contributed by atoms with Crippen LogP contribution in [-0.4, -0.2) is 13.1 Å². The molecule has 0 saturated heterocycles.